The Bertz CT molecular complexity index is 540. The zero-order chi connectivity index (χ0) is 16.2. The van der Waals surface area contributed by atoms with Gasteiger partial charge in [0.05, 0.1) is 6.67 Å². The molecule has 2 aliphatic rings. The van der Waals surface area contributed by atoms with Gasteiger partial charge >= 0.3 is 6.03 Å². The van der Waals surface area contributed by atoms with Crippen molar-refractivity contribution < 1.29 is 9.59 Å². The molecule has 23 heavy (non-hydrogen) atoms. The summed E-state index contributed by atoms with van der Waals surface area (Å²) in [7, 11) is 0. The van der Waals surface area contributed by atoms with Crippen molar-refractivity contribution in [3.05, 3.63) is 22.4 Å². The molecule has 1 aromatic rings. The molecule has 0 bridgehead atoms. The van der Waals surface area contributed by atoms with Gasteiger partial charge in [-0.25, -0.2) is 9.69 Å². The highest BCUT2D eigenvalue weighted by atomic mass is 32.1. The highest BCUT2D eigenvalue weighted by Gasteiger charge is 2.38. The Morgan fingerprint density at radius 2 is 1.96 bits per heavy atom. The normalized spacial score (nSPS) is 23.5. The first-order valence-electron chi connectivity index (χ1n) is 8.26. The number of nitrogens with one attached hydrogen (secondary N) is 1. The fourth-order valence-electron chi connectivity index (χ4n) is 3.11. The van der Waals surface area contributed by atoms with Crippen molar-refractivity contribution >= 4 is 23.3 Å². The molecular formula is C16H24N4O2S. The molecule has 3 heterocycles. The Balaban J connectivity index is 1.47. The largest absolute Gasteiger partial charge is 0.326 e. The van der Waals surface area contributed by atoms with Crippen LogP contribution in [0, 0.1) is 0 Å². The lowest BCUT2D eigenvalue weighted by molar-refractivity contribution is -0.129. The number of thiophene rings is 1. The van der Waals surface area contributed by atoms with Gasteiger partial charge in [-0.3, -0.25) is 14.6 Å². The quantitative estimate of drug-likeness (QED) is 0.801. The van der Waals surface area contributed by atoms with Gasteiger partial charge < -0.3 is 5.32 Å². The van der Waals surface area contributed by atoms with Crippen LogP contribution in [-0.4, -0.2) is 65.5 Å². The Kier molecular flexibility index (Phi) is 5.30. The molecular weight excluding hydrogens is 312 g/mol. The maximum atomic E-state index is 12.3. The summed E-state index contributed by atoms with van der Waals surface area (Å²) in [6, 6.07) is 3.68. The van der Waals surface area contributed by atoms with E-state index in [4.69, 9.17) is 0 Å². The summed E-state index contributed by atoms with van der Waals surface area (Å²) in [4.78, 5) is 31.6. The van der Waals surface area contributed by atoms with E-state index in [1.165, 1.54) is 9.78 Å². The summed E-state index contributed by atoms with van der Waals surface area (Å²) in [6.07, 6.45) is 1.61. The Labute approximate surface area is 141 Å². The molecule has 1 atom stereocenters. The smallest absolute Gasteiger partial charge is 0.325 e. The molecule has 2 fully saturated rings. The third kappa shape index (κ3) is 3.91. The van der Waals surface area contributed by atoms with Crippen LogP contribution in [0.15, 0.2) is 17.5 Å². The van der Waals surface area contributed by atoms with Crippen LogP contribution in [0.1, 0.15) is 24.6 Å². The van der Waals surface area contributed by atoms with Crippen LogP contribution in [0.2, 0.25) is 0 Å². The topological polar surface area (TPSA) is 55.9 Å². The van der Waals surface area contributed by atoms with Crippen molar-refractivity contribution in [3.63, 3.8) is 0 Å². The zero-order valence-corrected chi connectivity index (χ0v) is 14.3. The first kappa shape index (κ1) is 16.4. The highest BCUT2D eigenvalue weighted by Crippen LogP contribution is 2.15. The molecule has 2 aliphatic heterocycles. The molecule has 0 radical (unpaired) electrons. The Hall–Kier alpha value is -1.44. The highest BCUT2D eigenvalue weighted by molar-refractivity contribution is 7.09. The van der Waals surface area contributed by atoms with Crippen LogP contribution in [0.3, 0.4) is 0 Å². The second-order valence-corrected chi connectivity index (χ2v) is 7.20. The lowest BCUT2D eigenvalue weighted by atomic mass is 10.2. The third-order valence-electron chi connectivity index (χ3n) is 4.45. The van der Waals surface area contributed by atoms with E-state index in [1.807, 2.05) is 6.92 Å². The summed E-state index contributed by atoms with van der Waals surface area (Å²) in [5, 5.41) is 4.89. The van der Waals surface area contributed by atoms with E-state index in [1.54, 1.807) is 11.3 Å². The summed E-state index contributed by atoms with van der Waals surface area (Å²) in [5.41, 5.74) is 0. The monoisotopic (exact) mass is 336 g/mol. The number of imide groups is 1. The fourth-order valence-corrected chi connectivity index (χ4v) is 3.85. The molecule has 6 nitrogen and oxygen atoms in total. The van der Waals surface area contributed by atoms with Crippen molar-refractivity contribution in [2.75, 3.05) is 32.8 Å². The zero-order valence-electron chi connectivity index (χ0n) is 13.5. The number of urea groups is 1. The number of rotatable bonds is 6. The van der Waals surface area contributed by atoms with Gasteiger partial charge in [0, 0.05) is 37.6 Å². The molecule has 0 saturated carbocycles. The molecule has 1 aromatic heterocycles. The number of carbonyl (C=O) groups is 2. The third-order valence-corrected chi connectivity index (χ3v) is 5.31. The van der Waals surface area contributed by atoms with Crippen molar-refractivity contribution in [1.82, 2.24) is 20.0 Å². The van der Waals surface area contributed by atoms with E-state index < -0.39 is 0 Å². The van der Waals surface area contributed by atoms with Crippen molar-refractivity contribution in [1.29, 1.82) is 0 Å². The van der Waals surface area contributed by atoms with E-state index in [0.717, 1.165) is 45.6 Å². The van der Waals surface area contributed by atoms with Crippen LogP contribution >= 0.6 is 11.3 Å². The van der Waals surface area contributed by atoms with Gasteiger partial charge in [-0.2, -0.15) is 0 Å². The molecule has 3 amide bonds. The average Bonchev–Trinajstić information content (AvgIpc) is 3.14. The molecule has 0 spiro atoms. The summed E-state index contributed by atoms with van der Waals surface area (Å²) in [5.74, 6) is -0.0714. The minimum absolute atomic E-state index is 0.0714. The molecule has 2 saturated heterocycles. The standard InChI is InChI=1S/C16H24N4O2S/c1-2-4-14-15(21)20(16(22)17-14)12-19-8-6-18(7-9-19)11-13-5-3-10-23-13/h3,5,10,14H,2,4,6-9,11-12H2,1H3,(H,17,22)/t14-/m0/s1. The number of hydrogen-bond acceptors (Lipinski definition) is 5. The second kappa shape index (κ2) is 7.42. The van der Waals surface area contributed by atoms with Gasteiger partial charge in [-0.15, -0.1) is 11.3 Å². The number of carbonyl (C=O) groups excluding carboxylic acids is 2. The molecule has 3 rings (SSSR count). The van der Waals surface area contributed by atoms with Crippen LogP contribution < -0.4 is 5.32 Å². The van der Waals surface area contributed by atoms with Crippen LogP contribution in [0.5, 0.6) is 0 Å². The van der Waals surface area contributed by atoms with E-state index in [9.17, 15) is 9.59 Å². The maximum Gasteiger partial charge on any atom is 0.325 e. The predicted molar refractivity (Wildman–Crippen MR) is 90.1 cm³/mol. The molecule has 126 valence electrons. The minimum atomic E-state index is -0.326. The molecule has 0 unspecified atom stereocenters. The second-order valence-electron chi connectivity index (χ2n) is 6.17. The number of nitrogens with zero attached hydrogens (tertiary/aromatic N) is 3. The van der Waals surface area contributed by atoms with Crippen LogP contribution in [0.25, 0.3) is 0 Å². The lowest BCUT2D eigenvalue weighted by Crippen LogP contribution is -2.51. The van der Waals surface area contributed by atoms with E-state index in [0.29, 0.717) is 6.67 Å². The first-order valence-corrected chi connectivity index (χ1v) is 9.14. The van der Waals surface area contributed by atoms with Gasteiger partial charge in [0.15, 0.2) is 0 Å². The molecule has 0 aromatic carbocycles. The average molecular weight is 336 g/mol. The van der Waals surface area contributed by atoms with Crippen LogP contribution in [-0.2, 0) is 11.3 Å². The molecule has 1 N–H and O–H groups in total. The van der Waals surface area contributed by atoms with Gasteiger partial charge in [-0.05, 0) is 17.9 Å². The number of piperazine rings is 1. The molecule has 0 aliphatic carbocycles. The Morgan fingerprint density at radius 1 is 1.22 bits per heavy atom. The van der Waals surface area contributed by atoms with Crippen molar-refractivity contribution in [2.24, 2.45) is 0 Å². The molecule has 7 heteroatoms. The fraction of sp³-hybridized carbons (Fsp3) is 0.625. The summed E-state index contributed by atoms with van der Waals surface area (Å²) >= 11 is 1.79. The Morgan fingerprint density at radius 3 is 2.61 bits per heavy atom. The summed E-state index contributed by atoms with van der Waals surface area (Å²) < 4.78 is 0. The maximum absolute atomic E-state index is 12.3. The van der Waals surface area contributed by atoms with Gasteiger partial charge in [-0.1, -0.05) is 19.4 Å². The van der Waals surface area contributed by atoms with E-state index >= 15 is 0 Å². The van der Waals surface area contributed by atoms with E-state index in [-0.39, 0.29) is 18.0 Å². The van der Waals surface area contributed by atoms with Crippen molar-refractivity contribution in [2.45, 2.75) is 32.4 Å². The SMILES string of the molecule is CCC[C@@H]1NC(=O)N(CN2CCN(Cc3cccs3)CC2)C1=O. The first-order chi connectivity index (χ1) is 11.2. The number of amides is 3. The van der Waals surface area contributed by atoms with Crippen molar-refractivity contribution in [3.8, 4) is 0 Å². The van der Waals surface area contributed by atoms with Gasteiger partial charge in [0.1, 0.15) is 6.04 Å². The summed E-state index contributed by atoms with van der Waals surface area (Å²) in [6.45, 7) is 7.15. The lowest BCUT2D eigenvalue weighted by Gasteiger charge is -2.35. The minimum Gasteiger partial charge on any atom is -0.326 e. The van der Waals surface area contributed by atoms with Gasteiger partial charge in [0.25, 0.3) is 5.91 Å². The van der Waals surface area contributed by atoms with Gasteiger partial charge in [0.2, 0.25) is 0 Å². The van der Waals surface area contributed by atoms with Crippen LogP contribution in [0.4, 0.5) is 4.79 Å². The number of hydrogen-bond donors (Lipinski definition) is 1. The predicted octanol–water partition coefficient (Wildman–Crippen LogP) is 1.54. The van der Waals surface area contributed by atoms with E-state index in [2.05, 4.69) is 32.6 Å².